The topological polar surface area (TPSA) is 40.7 Å². The van der Waals surface area contributed by atoms with Gasteiger partial charge < -0.3 is 10.3 Å². The predicted molar refractivity (Wildman–Crippen MR) is 66.8 cm³/mol. The Morgan fingerprint density at radius 3 is 2.75 bits per heavy atom. The molecule has 1 aliphatic rings. The molecule has 1 aliphatic heterocycles. The van der Waals surface area contributed by atoms with Gasteiger partial charge in [-0.05, 0) is 32.2 Å². The molecule has 3 heteroatoms. The smallest absolute Gasteiger partial charge is 0.108 e. The molecule has 0 saturated carbocycles. The lowest BCUT2D eigenvalue weighted by molar-refractivity contribution is 0.395. The Kier molecular flexibility index (Phi) is 3.64. The fraction of sp³-hybridized carbons (Fsp3) is 0.769. The van der Waals surface area contributed by atoms with Gasteiger partial charge in [0.1, 0.15) is 5.82 Å². The van der Waals surface area contributed by atoms with Crippen LogP contribution in [-0.2, 0) is 6.42 Å². The van der Waals surface area contributed by atoms with Crippen molar-refractivity contribution < 1.29 is 0 Å². The third-order valence-corrected chi connectivity index (χ3v) is 3.37. The van der Waals surface area contributed by atoms with Crippen LogP contribution in [0.15, 0.2) is 0 Å². The minimum atomic E-state index is 0.518. The highest BCUT2D eigenvalue weighted by Gasteiger charge is 2.16. The van der Waals surface area contributed by atoms with Crippen LogP contribution in [0.3, 0.4) is 0 Å². The molecule has 1 unspecified atom stereocenters. The maximum Gasteiger partial charge on any atom is 0.108 e. The monoisotopic (exact) mass is 221 g/mol. The Bertz CT molecular complexity index is 335. The molecule has 0 spiro atoms. The number of nitrogens with one attached hydrogen (secondary N) is 2. The molecule has 2 N–H and O–H groups in total. The van der Waals surface area contributed by atoms with Crippen LogP contribution < -0.4 is 5.32 Å². The molecule has 1 aromatic rings. The number of nitrogens with zero attached hydrogens (tertiary/aromatic N) is 1. The van der Waals surface area contributed by atoms with Gasteiger partial charge in [0.15, 0.2) is 0 Å². The van der Waals surface area contributed by atoms with Gasteiger partial charge in [0.25, 0.3) is 0 Å². The van der Waals surface area contributed by atoms with Crippen molar-refractivity contribution in [3.63, 3.8) is 0 Å². The van der Waals surface area contributed by atoms with Gasteiger partial charge in [-0.15, -0.1) is 0 Å². The fourth-order valence-electron chi connectivity index (χ4n) is 2.53. The summed E-state index contributed by atoms with van der Waals surface area (Å²) in [6.45, 7) is 7.69. The fourth-order valence-corrected chi connectivity index (χ4v) is 2.53. The van der Waals surface area contributed by atoms with E-state index in [-0.39, 0.29) is 0 Å². The molecule has 0 aliphatic carbocycles. The van der Waals surface area contributed by atoms with Crippen LogP contribution in [0, 0.1) is 6.92 Å². The summed E-state index contributed by atoms with van der Waals surface area (Å²) in [6.07, 6.45) is 5.02. The summed E-state index contributed by atoms with van der Waals surface area (Å²) in [7, 11) is 0. The number of imidazole rings is 1. The van der Waals surface area contributed by atoms with Gasteiger partial charge in [-0.3, -0.25) is 0 Å². The number of aromatic nitrogens is 2. The Labute approximate surface area is 98.1 Å². The van der Waals surface area contributed by atoms with E-state index in [0.717, 1.165) is 12.2 Å². The van der Waals surface area contributed by atoms with Crippen LogP contribution in [0.2, 0.25) is 0 Å². The average molecular weight is 221 g/mol. The number of aromatic amines is 1. The SMILES string of the molecule is Cc1[nH]c(CC2CCCCN2)nc1C(C)C. The zero-order valence-corrected chi connectivity index (χ0v) is 10.6. The number of hydrogen-bond donors (Lipinski definition) is 2. The van der Waals surface area contributed by atoms with Gasteiger partial charge in [-0.2, -0.15) is 0 Å². The molecule has 0 bridgehead atoms. The second-order valence-corrected chi connectivity index (χ2v) is 5.20. The number of rotatable bonds is 3. The van der Waals surface area contributed by atoms with Crippen molar-refractivity contribution in [3.05, 3.63) is 17.2 Å². The van der Waals surface area contributed by atoms with Crippen LogP contribution in [0.1, 0.15) is 56.2 Å². The Morgan fingerprint density at radius 1 is 1.38 bits per heavy atom. The van der Waals surface area contributed by atoms with E-state index in [4.69, 9.17) is 4.98 Å². The molecule has 1 fully saturated rings. The normalized spacial score (nSPS) is 21.6. The molecule has 16 heavy (non-hydrogen) atoms. The summed E-state index contributed by atoms with van der Waals surface area (Å²) in [5, 5.41) is 3.57. The van der Waals surface area contributed by atoms with Crippen LogP contribution >= 0.6 is 0 Å². The lowest BCUT2D eigenvalue weighted by atomic mass is 10.0. The standard InChI is InChI=1S/C13H23N3/c1-9(2)13-10(3)15-12(16-13)8-11-6-4-5-7-14-11/h9,11,14H,4-8H2,1-3H3,(H,15,16). The van der Waals surface area contributed by atoms with E-state index in [0.29, 0.717) is 12.0 Å². The van der Waals surface area contributed by atoms with E-state index >= 15 is 0 Å². The molecule has 1 saturated heterocycles. The van der Waals surface area contributed by atoms with Crippen molar-refractivity contribution in [1.82, 2.24) is 15.3 Å². The molecule has 0 amide bonds. The van der Waals surface area contributed by atoms with Gasteiger partial charge in [-0.25, -0.2) is 4.98 Å². The summed E-state index contributed by atoms with van der Waals surface area (Å²) in [6, 6.07) is 0.624. The van der Waals surface area contributed by atoms with Gasteiger partial charge >= 0.3 is 0 Å². The molecule has 90 valence electrons. The maximum absolute atomic E-state index is 4.71. The second-order valence-electron chi connectivity index (χ2n) is 5.20. The first-order valence-corrected chi connectivity index (χ1v) is 6.45. The summed E-state index contributed by atoms with van der Waals surface area (Å²) >= 11 is 0. The first-order valence-electron chi connectivity index (χ1n) is 6.45. The van der Waals surface area contributed by atoms with Gasteiger partial charge in [0, 0.05) is 18.2 Å². The molecule has 1 aromatic heterocycles. The summed E-state index contributed by atoms with van der Waals surface area (Å²) in [5.74, 6) is 1.67. The molecule has 1 atom stereocenters. The van der Waals surface area contributed by atoms with E-state index in [1.807, 2.05) is 0 Å². The van der Waals surface area contributed by atoms with E-state index < -0.39 is 0 Å². The van der Waals surface area contributed by atoms with Crippen molar-refractivity contribution in [2.24, 2.45) is 0 Å². The second kappa shape index (κ2) is 5.00. The van der Waals surface area contributed by atoms with Crippen LogP contribution in [0.4, 0.5) is 0 Å². The molecular formula is C13H23N3. The van der Waals surface area contributed by atoms with Crippen molar-refractivity contribution in [2.45, 2.75) is 58.4 Å². The van der Waals surface area contributed by atoms with Crippen LogP contribution in [0.5, 0.6) is 0 Å². The summed E-state index contributed by atoms with van der Waals surface area (Å²) < 4.78 is 0. The largest absolute Gasteiger partial charge is 0.346 e. The maximum atomic E-state index is 4.71. The molecule has 0 aromatic carbocycles. The molecule has 2 rings (SSSR count). The van der Waals surface area contributed by atoms with Gasteiger partial charge in [0.2, 0.25) is 0 Å². The average Bonchev–Trinajstić information content (AvgIpc) is 2.61. The van der Waals surface area contributed by atoms with Crippen molar-refractivity contribution >= 4 is 0 Å². The zero-order chi connectivity index (χ0) is 11.5. The first-order chi connectivity index (χ1) is 7.66. The van der Waals surface area contributed by atoms with Crippen molar-refractivity contribution in [1.29, 1.82) is 0 Å². The van der Waals surface area contributed by atoms with Crippen molar-refractivity contribution in [3.8, 4) is 0 Å². The molecule has 2 heterocycles. The number of aryl methyl sites for hydroxylation is 1. The number of H-pyrrole nitrogens is 1. The number of piperidine rings is 1. The first kappa shape index (κ1) is 11.6. The minimum absolute atomic E-state index is 0.518. The highest BCUT2D eigenvalue weighted by atomic mass is 15.0. The van der Waals surface area contributed by atoms with E-state index in [1.54, 1.807) is 0 Å². The Balaban J connectivity index is 2.01. The molecule has 3 nitrogen and oxygen atoms in total. The lowest BCUT2D eigenvalue weighted by Gasteiger charge is -2.22. The zero-order valence-electron chi connectivity index (χ0n) is 10.6. The van der Waals surface area contributed by atoms with E-state index in [9.17, 15) is 0 Å². The predicted octanol–water partition coefficient (Wildman–Crippen LogP) is 2.53. The lowest BCUT2D eigenvalue weighted by Crippen LogP contribution is -2.35. The molecule has 0 radical (unpaired) electrons. The van der Waals surface area contributed by atoms with E-state index in [1.165, 1.54) is 37.2 Å². The highest BCUT2D eigenvalue weighted by Crippen LogP contribution is 2.18. The van der Waals surface area contributed by atoms with Crippen molar-refractivity contribution in [2.75, 3.05) is 6.54 Å². The Morgan fingerprint density at radius 2 is 2.19 bits per heavy atom. The Hall–Kier alpha value is -0.830. The molecular weight excluding hydrogens is 198 g/mol. The summed E-state index contributed by atoms with van der Waals surface area (Å²) in [4.78, 5) is 8.13. The third kappa shape index (κ3) is 2.64. The minimum Gasteiger partial charge on any atom is -0.346 e. The van der Waals surface area contributed by atoms with E-state index in [2.05, 4.69) is 31.1 Å². The van der Waals surface area contributed by atoms with Gasteiger partial charge in [0.05, 0.1) is 5.69 Å². The third-order valence-electron chi connectivity index (χ3n) is 3.37. The van der Waals surface area contributed by atoms with Crippen LogP contribution in [0.25, 0.3) is 0 Å². The van der Waals surface area contributed by atoms with Gasteiger partial charge in [-0.1, -0.05) is 20.3 Å². The summed E-state index contributed by atoms with van der Waals surface area (Å²) in [5.41, 5.74) is 2.46. The number of hydrogen-bond acceptors (Lipinski definition) is 2. The van der Waals surface area contributed by atoms with Crippen LogP contribution in [-0.4, -0.2) is 22.6 Å². The highest BCUT2D eigenvalue weighted by molar-refractivity contribution is 5.17. The quantitative estimate of drug-likeness (QED) is 0.823.